The molecular weight excluding hydrogens is 416 g/mol. The monoisotopic (exact) mass is 454 g/mol. The summed E-state index contributed by atoms with van der Waals surface area (Å²) in [4.78, 5) is 25.5. The second-order valence-electron chi connectivity index (χ2n) is 9.14. The lowest BCUT2D eigenvalue weighted by atomic mass is 10.1. The minimum absolute atomic E-state index is 0.227. The molecule has 0 aromatic heterocycles. The molecule has 0 saturated carbocycles. The van der Waals surface area contributed by atoms with Crippen molar-refractivity contribution >= 4 is 11.8 Å². The summed E-state index contributed by atoms with van der Waals surface area (Å²) in [5.74, 6) is 1.74. The lowest BCUT2D eigenvalue weighted by Gasteiger charge is -2.18. The van der Waals surface area contributed by atoms with Gasteiger partial charge in [-0.1, -0.05) is 52.0 Å². The number of carbonyl (C=O) groups excluding carboxylic acids is 2. The highest BCUT2D eigenvalue weighted by Crippen LogP contribution is 2.20. The highest BCUT2D eigenvalue weighted by Gasteiger charge is 2.17. The number of amides is 2. The predicted octanol–water partition coefficient (Wildman–Crippen LogP) is 5.08. The van der Waals surface area contributed by atoms with Gasteiger partial charge in [0, 0.05) is 12.6 Å². The smallest absolute Gasteiger partial charge is 0.255 e. The van der Waals surface area contributed by atoms with Gasteiger partial charge < -0.3 is 20.1 Å². The van der Waals surface area contributed by atoms with Crippen LogP contribution in [0.3, 0.4) is 0 Å². The number of carbonyl (C=O) groups is 2. The van der Waals surface area contributed by atoms with E-state index in [1.165, 1.54) is 0 Å². The molecule has 2 aromatic carbocycles. The molecule has 0 aliphatic heterocycles. The van der Waals surface area contributed by atoms with Gasteiger partial charge in [-0.15, -0.1) is 0 Å². The summed E-state index contributed by atoms with van der Waals surface area (Å²) in [6.45, 7) is 11.8. The molecule has 180 valence electrons. The molecule has 0 radical (unpaired) electrons. The molecule has 2 N–H and O–H groups in total. The number of ether oxygens (including phenoxy) is 2. The molecule has 6 heteroatoms. The lowest BCUT2D eigenvalue weighted by Crippen LogP contribution is -2.42. The van der Waals surface area contributed by atoms with Crippen molar-refractivity contribution in [2.24, 2.45) is 11.8 Å². The Hall–Kier alpha value is -3.02. The van der Waals surface area contributed by atoms with Crippen molar-refractivity contribution in [2.45, 2.75) is 53.5 Å². The number of para-hydroxylation sites is 2. The Morgan fingerprint density at radius 2 is 1.18 bits per heavy atom. The van der Waals surface area contributed by atoms with E-state index in [0.29, 0.717) is 54.2 Å². The van der Waals surface area contributed by atoms with E-state index in [2.05, 4.69) is 38.3 Å². The highest BCUT2D eigenvalue weighted by molar-refractivity contribution is 5.98. The molecular formula is C27H38N2O4. The zero-order chi connectivity index (χ0) is 24.2. The maximum Gasteiger partial charge on any atom is 0.255 e. The Morgan fingerprint density at radius 1 is 0.727 bits per heavy atom. The van der Waals surface area contributed by atoms with Gasteiger partial charge in [-0.2, -0.15) is 0 Å². The van der Waals surface area contributed by atoms with E-state index in [0.717, 1.165) is 12.8 Å². The summed E-state index contributed by atoms with van der Waals surface area (Å²) in [6.07, 6.45) is 1.84. The third-order valence-electron chi connectivity index (χ3n) is 5.12. The molecule has 0 aliphatic carbocycles. The van der Waals surface area contributed by atoms with Crippen LogP contribution in [0.1, 0.15) is 68.2 Å². The van der Waals surface area contributed by atoms with Gasteiger partial charge in [0.15, 0.2) is 0 Å². The minimum atomic E-state index is -0.265. The fourth-order valence-corrected chi connectivity index (χ4v) is 3.06. The standard InChI is InChI=1S/C27H38N2O4/c1-19(2)14-16-32-24-12-8-6-10-22(24)26(30)28-18-21(5)29-27(31)23-11-7-9-13-25(23)33-17-15-20(3)4/h6-13,19-21H,14-18H2,1-5H3,(H,28,30)(H,29,31). The summed E-state index contributed by atoms with van der Waals surface area (Å²) in [5.41, 5.74) is 0.979. The van der Waals surface area contributed by atoms with E-state index >= 15 is 0 Å². The van der Waals surface area contributed by atoms with Gasteiger partial charge in [-0.3, -0.25) is 9.59 Å². The number of rotatable bonds is 13. The molecule has 0 saturated heterocycles. The molecule has 33 heavy (non-hydrogen) atoms. The van der Waals surface area contributed by atoms with E-state index in [1.807, 2.05) is 31.2 Å². The van der Waals surface area contributed by atoms with Gasteiger partial charge >= 0.3 is 0 Å². The lowest BCUT2D eigenvalue weighted by molar-refractivity contribution is 0.0907. The molecule has 2 aromatic rings. The first kappa shape index (κ1) is 26.2. The van der Waals surface area contributed by atoms with Crippen molar-refractivity contribution < 1.29 is 19.1 Å². The number of nitrogens with one attached hydrogen (secondary N) is 2. The van der Waals surface area contributed by atoms with Crippen molar-refractivity contribution in [1.29, 1.82) is 0 Å². The SMILES string of the molecule is CC(C)CCOc1ccccc1C(=O)NCC(C)NC(=O)c1ccccc1OCCC(C)C. The van der Waals surface area contributed by atoms with Crippen LogP contribution in [0.15, 0.2) is 48.5 Å². The second-order valence-corrected chi connectivity index (χ2v) is 9.14. The molecule has 2 rings (SSSR count). The molecule has 1 atom stereocenters. The van der Waals surface area contributed by atoms with Crippen LogP contribution in [-0.2, 0) is 0 Å². The van der Waals surface area contributed by atoms with Gasteiger partial charge in [-0.25, -0.2) is 0 Å². The summed E-state index contributed by atoms with van der Waals surface area (Å²) in [6, 6.07) is 14.2. The fourth-order valence-electron chi connectivity index (χ4n) is 3.06. The van der Waals surface area contributed by atoms with E-state index in [1.54, 1.807) is 24.3 Å². The topological polar surface area (TPSA) is 76.7 Å². The average Bonchev–Trinajstić information content (AvgIpc) is 2.77. The number of hydrogen-bond acceptors (Lipinski definition) is 4. The van der Waals surface area contributed by atoms with Gasteiger partial charge in [0.05, 0.1) is 24.3 Å². The van der Waals surface area contributed by atoms with Crippen LogP contribution >= 0.6 is 0 Å². The van der Waals surface area contributed by atoms with Gasteiger partial charge in [0.1, 0.15) is 11.5 Å². The number of hydrogen-bond donors (Lipinski definition) is 2. The maximum atomic E-state index is 12.8. The van der Waals surface area contributed by atoms with Crippen molar-refractivity contribution in [3.8, 4) is 11.5 Å². The van der Waals surface area contributed by atoms with Crippen LogP contribution in [0.2, 0.25) is 0 Å². The largest absolute Gasteiger partial charge is 0.493 e. The molecule has 6 nitrogen and oxygen atoms in total. The minimum Gasteiger partial charge on any atom is -0.493 e. The summed E-state index contributed by atoms with van der Waals surface area (Å²) < 4.78 is 11.6. The highest BCUT2D eigenvalue weighted by atomic mass is 16.5. The summed E-state index contributed by atoms with van der Waals surface area (Å²) in [5, 5.41) is 5.83. The van der Waals surface area contributed by atoms with Crippen LogP contribution < -0.4 is 20.1 Å². The number of benzene rings is 2. The quantitative estimate of drug-likeness (QED) is 0.442. The van der Waals surface area contributed by atoms with E-state index in [9.17, 15) is 9.59 Å². The van der Waals surface area contributed by atoms with Gasteiger partial charge in [-0.05, 0) is 55.9 Å². The zero-order valence-electron chi connectivity index (χ0n) is 20.5. The Bertz CT molecular complexity index is 895. The molecule has 0 bridgehead atoms. The van der Waals surface area contributed by atoms with Crippen LogP contribution in [0, 0.1) is 11.8 Å². The van der Waals surface area contributed by atoms with Crippen LogP contribution in [0.4, 0.5) is 0 Å². The maximum absolute atomic E-state index is 12.8. The van der Waals surface area contributed by atoms with Gasteiger partial charge in [0.2, 0.25) is 0 Å². The Labute approximate surface area is 198 Å². The van der Waals surface area contributed by atoms with Crippen molar-refractivity contribution in [2.75, 3.05) is 19.8 Å². The first-order valence-electron chi connectivity index (χ1n) is 11.8. The molecule has 2 amide bonds. The third-order valence-corrected chi connectivity index (χ3v) is 5.12. The van der Waals surface area contributed by atoms with E-state index in [-0.39, 0.29) is 17.9 Å². The molecule has 0 fully saturated rings. The first-order chi connectivity index (χ1) is 15.8. The predicted molar refractivity (Wildman–Crippen MR) is 132 cm³/mol. The molecule has 0 heterocycles. The van der Waals surface area contributed by atoms with E-state index < -0.39 is 0 Å². The average molecular weight is 455 g/mol. The van der Waals surface area contributed by atoms with E-state index in [4.69, 9.17) is 9.47 Å². The summed E-state index contributed by atoms with van der Waals surface area (Å²) in [7, 11) is 0. The molecule has 0 spiro atoms. The van der Waals surface area contributed by atoms with Crippen LogP contribution in [0.25, 0.3) is 0 Å². The normalized spacial score (nSPS) is 11.8. The Balaban J connectivity index is 1.90. The van der Waals surface area contributed by atoms with Crippen LogP contribution in [0.5, 0.6) is 11.5 Å². The van der Waals surface area contributed by atoms with Crippen molar-refractivity contribution in [3.05, 3.63) is 59.7 Å². The Morgan fingerprint density at radius 3 is 1.67 bits per heavy atom. The van der Waals surface area contributed by atoms with Crippen LogP contribution in [-0.4, -0.2) is 37.6 Å². The zero-order valence-corrected chi connectivity index (χ0v) is 20.5. The molecule has 1 unspecified atom stereocenters. The Kier molecular flexibility index (Phi) is 10.7. The summed E-state index contributed by atoms with van der Waals surface area (Å²) >= 11 is 0. The molecule has 0 aliphatic rings. The first-order valence-corrected chi connectivity index (χ1v) is 11.8. The third kappa shape index (κ3) is 9.16. The fraction of sp³-hybridized carbons (Fsp3) is 0.481. The van der Waals surface area contributed by atoms with Crippen molar-refractivity contribution in [1.82, 2.24) is 10.6 Å². The van der Waals surface area contributed by atoms with Crippen molar-refractivity contribution in [3.63, 3.8) is 0 Å². The van der Waals surface area contributed by atoms with Gasteiger partial charge in [0.25, 0.3) is 11.8 Å². The second kappa shape index (κ2) is 13.5.